The minimum absolute atomic E-state index is 0.116. The smallest absolute Gasteiger partial charge is 0.0772 e. The zero-order valence-corrected chi connectivity index (χ0v) is 12.7. The van der Waals surface area contributed by atoms with E-state index < -0.39 is 6.10 Å². The Labute approximate surface area is 122 Å². The summed E-state index contributed by atoms with van der Waals surface area (Å²) >= 11 is 3.53. The molecule has 2 fully saturated rings. The normalized spacial score (nSPS) is 31.6. The summed E-state index contributed by atoms with van der Waals surface area (Å²) in [7, 11) is 0. The van der Waals surface area contributed by atoms with E-state index in [9.17, 15) is 10.2 Å². The Morgan fingerprint density at radius 1 is 1.32 bits per heavy atom. The molecule has 0 bridgehead atoms. The molecule has 1 saturated carbocycles. The molecular formula is C15H20BrNO2. The molecule has 0 radical (unpaired) electrons. The van der Waals surface area contributed by atoms with Gasteiger partial charge in [-0.05, 0) is 43.4 Å². The van der Waals surface area contributed by atoms with E-state index in [2.05, 4.69) is 33.0 Å². The van der Waals surface area contributed by atoms with E-state index in [0.29, 0.717) is 11.8 Å². The molecule has 1 aromatic rings. The molecule has 104 valence electrons. The summed E-state index contributed by atoms with van der Waals surface area (Å²) in [6, 6.07) is 6.13. The summed E-state index contributed by atoms with van der Waals surface area (Å²) in [5.41, 5.74) is 2.10. The second kappa shape index (κ2) is 5.08. The van der Waals surface area contributed by atoms with E-state index in [4.69, 9.17) is 0 Å². The van der Waals surface area contributed by atoms with Gasteiger partial charge in [0.2, 0.25) is 0 Å². The quantitative estimate of drug-likeness (QED) is 0.878. The van der Waals surface area contributed by atoms with Crippen molar-refractivity contribution in [3.05, 3.63) is 28.2 Å². The fourth-order valence-electron chi connectivity index (χ4n) is 3.50. The Morgan fingerprint density at radius 3 is 2.74 bits per heavy atom. The Hall–Kier alpha value is -0.580. The first-order valence-corrected chi connectivity index (χ1v) is 7.76. The number of benzene rings is 1. The average Bonchev–Trinajstić information content (AvgIpc) is 2.91. The Morgan fingerprint density at radius 2 is 2.11 bits per heavy atom. The van der Waals surface area contributed by atoms with Crippen LogP contribution >= 0.6 is 15.9 Å². The van der Waals surface area contributed by atoms with E-state index in [-0.39, 0.29) is 6.10 Å². The Kier molecular flexibility index (Phi) is 3.58. The molecule has 1 aromatic carbocycles. The lowest BCUT2D eigenvalue weighted by molar-refractivity contribution is 0.133. The number of fused-ring (bicyclic) bond motifs is 1. The highest BCUT2D eigenvalue weighted by atomic mass is 79.9. The summed E-state index contributed by atoms with van der Waals surface area (Å²) in [6.07, 6.45) is 1.54. The van der Waals surface area contributed by atoms with Crippen LogP contribution in [0.5, 0.6) is 0 Å². The van der Waals surface area contributed by atoms with Crippen LogP contribution in [0.1, 0.15) is 31.4 Å². The topological polar surface area (TPSA) is 43.7 Å². The van der Waals surface area contributed by atoms with Crippen LogP contribution < -0.4 is 4.90 Å². The second-order valence-corrected chi connectivity index (χ2v) is 6.71. The van der Waals surface area contributed by atoms with Crippen LogP contribution in [0.15, 0.2) is 22.7 Å². The van der Waals surface area contributed by atoms with Gasteiger partial charge >= 0.3 is 0 Å². The largest absolute Gasteiger partial charge is 0.393 e. The van der Waals surface area contributed by atoms with E-state index >= 15 is 0 Å². The molecule has 2 aliphatic rings. The predicted octanol–water partition coefficient (Wildman–Crippen LogP) is 2.71. The zero-order chi connectivity index (χ0) is 13.6. The maximum absolute atomic E-state index is 9.97. The van der Waals surface area contributed by atoms with Gasteiger partial charge in [-0.15, -0.1) is 0 Å². The van der Waals surface area contributed by atoms with E-state index in [1.54, 1.807) is 6.92 Å². The molecule has 0 aromatic heterocycles. The number of hydrogen-bond donors (Lipinski definition) is 2. The van der Waals surface area contributed by atoms with Crippen molar-refractivity contribution in [1.82, 2.24) is 0 Å². The summed E-state index contributed by atoms with van der Waals surface area (Å²) in [5.74, 6) is 1.08. The molecule has 0 amide bonds. The molecule has 1 aliphatic heterocycles. The van der Waals surface area contributed by atoms with Gasteiger partial charge in [-0.3, -0.25) is 0 Å². The van der Waals surface area contributed by atoms with Crippen LogP contribution in [0.3, 0.4) is 0 Å². The lowest BCUT2D eigenvalue weighted by atomic mass is 10.00. The molecule has 1 aliphatic carbocycles. The van der Waals surface area contributed by atoms with Gasteiger partial charge in [0.15, 0.2) is 0 Å². The van der Waals surface area contributed by atoms with Crippen LogP contribution in [0.25, 0.3) is 0 Å². The second-order valence-electron chi connectivity index (χ2n) is 5.86. The number of aliphatic hydroxyl groups is 2. The molecule has 19 heavy (non-hydrogen) atoms. The standard InChI is InChI=1S/C15H20BrNO2/c1-9(18)12-4-3-11(6-14(12)16)17-7-10-2-5-15(19)13(10)8-17/h3-4,6,9-10,13,15,18-19H,2,5,7-8H2,1H3. The van der Waals surface area contributed by atoms with Crippen molar-refractivity contribution >= 4 is 21.6 Å². The molecule has 0 spiro atoms. The highest BCUT2D eigenvalue weighted by molar-refractivity contribution is 9.10. The van der Waals surface area contributed by atoms with Gasteiger partial charge in [-0.2, -0.15) is 0 Å². The predicted molar refractivity (Wildman–Crippen MR) is 79.2 cm³/mol. The number of rotatable bonds is 2. The maximum atomic E-state index is 9.97. The lowest BCUT2D eigenvalue weighted by Gasteiger charge is -2.22. The first-order valence-electron chi connectivity index (χ1n) is 6.97. The average molecular weight is 326 g/mol. The van der Waals surface area contributed by atoms with Crippen LogP contribution in [0.2, 0.25) is 0 Å². The molecule has 1 heterocycles. The molecule has 1 saturated heterocycles. The van der Waals surface area contributed by atoms with Gasteiger partial charge in [0.05, 0.1) is 12.2 Å². The third-order valence-electron chi connectivity index (χ3n) is 4.62. The number of nitrogens with zero attached hydrogens (tertiary/aromatic N) is 1. The van der Waals surface area contributed by atoms with Crippen molar-refractivity contribution in [1.29, 1.82) is 0 Å². The number of halogens is 1. The van der Waals surface area contributed by atoms with Crippen LogP contribution in [-0.4, -0.2) is 29.4 Å². The first-order chi connectivity index (χ1) is 9.06. The fourth-order valence-corrected chi connectivity index (χ4v) is 4.20. The number of anilines is 1. The van der Waals surface area contributed by atoms with Crippen LogP contribution in [0, 0.1) is 11.8 Å². The summed E-state index contributed by atoms with van der Waals surface area (Å²) in [4.78, 5) is 2.36. The summed E-state index contributed by atoms with van der Waals surface area (Å²) in [5, 5.41) is 19.6. The Balaban J connectivity index is 1.79. The monoisotopic (exact) mass is 325 g/mol. The molecule has 2 N–H and O–H groups in total. The number of hydrogen-bond acceptors (Lipinski definition) is 3. The minimum Gasteiger partial charge on any atom is -0.393 e. The van der Waals surface area contributed by atoms with E-state index in [1.165, 1.54) is 5.69 Å². The van der Waals surface area contributed by atoms with Gasteiger partial charge in [0, 0.05) is 29.2 Å². The minimum atomic E-state index is -0.455. The van der Waals surface area contributed by atoms with E-state index in [0.717, 1.165) is 36.0 Å². The van der Waals surface area contributed by atoms with Crippen LogP contribution in [0.4, 0.5) is 5.69 Å². The molecule has 3 nitrogen and oxygen atoms in total. The van der Waals surface area contributed by atoms with Crippen molar-refractivity contribution in [2.45, 2.75) is 32.0 Å². The molecular weight excluding hydrogens is 306 g/mol. The lowest BCUT2D eigenvalue weighted by Crippen LogP contribution is -2.24. The van der Waals surface area contributed by atoms with Gasteiger partial charge in [0.25, 0.3) is 0 Å². The highest BCUT2D eigenvalue weighted by Gasteiger charge is 2.41. The molecule has 4 heteroatoms. The number of aliphatic hydroxyl groups excluding tert-OH is 2. The van der Waals surface area contributed by atoms with Crippen molar-refractivity contribution < 1.29 is 10.2 Å². The van der Waals surface area contributed by atoms with Crippen molar-refractivity contribution in [3.8, 4) is 0 Å². The third-order valence-corrected chi connectivity index (χ3v) is 5.31. The Bertz CT molecular complexity index is 477. The van der Waals surface area contributed by atoms with Gasteiger partial charge in [0.1, 0.15) is 0 Å². The van der Waals surface area contributed by atoms with Crippen molar-refractivity contribution in [2.24, 2.45) is 11.8 Å². The third kappa shape index (κ3) is 2.41. The first kappa shape index (κ1) is 13.4. The van der Waals surface area contributed by atoms with Gasteiger partial charge in [-0.25, -0.2) is 0 Å². The SMILES string of the molecule is CC(O)c1ccc(N2CC3CCC(O)C3C2)cc1Br. The van der Waals surface area contributed by atoms with Gasteiger partial charge < -0.3 is 15.1 Å². The van der Waals surface area contributed by atoms with Crippen molar-refractivity contribution in [3.63, 3.8) is 0 Å². The molecule has 3 rings (SSSR count). The van der Waals surface area contributed by atoms with E-state index in [1.807, 2.05) is 6.07 Å². The summed E-state index contributed by atoms with van der Waals surface area (Å²) < 4.78 is 0.956. The summed E-state index contributed by atoms with van der Waals surface area (Å²) in [6.45, 7) is 3.77. The highest BCUT2D eigenvalue weighted by Crippen LogP contribution is 2.40. The maximum Gasteiger partial charge on any atom is 0.0772 e. The zero-order valence-electron chi connectivity index (χ0n) is 11.1. The van der Waals surface area contributed by atoms with Crippen LogP contribution in [-0.2, 0) is 0 Å². The molecule has 4 atom stereocenters. The molecule has 4 unspecified atom stereocenters. The van der Waals surface area contributed by atoms with Crippen molar-refractivity contribution in [2.75, 3.05) is 18.0 Å². The van der Waals surface area contributed by atoms with Gasteiger partial charge in [-0.1, -0.05) is 22.0 Å². The fraction of sp³-hybridized carbons (Fsp3) is 0.600.